The van der Waals surface area contributed by atoms with Crippen LogP contribution in [-0.4, -0.2) is 49.1 Å². The van der Waals surface area contributed by atoms with Crippen molar-refractivity contribution in [1.82, 2.24) is 9.80 Å². The van der Waals surface area contributed by atoms with E-state index in [1.165, 1.54) is 225 Å². The zero-order chi connectivity index (χ0) is 29.9. The van der Waals surface area contributed by atoms with Gasteiger partial charge in [0.25, 0.3) is 0 Å². The summed E-state index contributed by atoms with van der Waals surface area (Å²) < 4.78 is 0. The minimum Gasteiger partial charge on any atom is -0.303 e. The van der Waals surface area contributed by atoms with Crippen molar-refractivity contribution >= 4 is 0 Å². The Labute approximate surface area is 262 Å². The van der Waals surface area contributed by atoms with Gasteiger partial charge in [0.1, 0.15) is 0 Å². The maximum absolute atomic E-state index is 2.86. The predicted molar refractivity (Wildman–Crippen MR) is 189 cm³/mol. The first kappa shape index (κ1) is 40.9. The first-order chi connectivity index (χ1) is 20.3. The van der Waals surface area contributed by atoms with Crippen LogP contribution in [0.15, 0.2) is 0 Å². The van der Waals surface area contributed by atoms with Crippen molar-refractivity contribution in [3.63, 3.8) is 0 Å². The second kappa shape index (κ2) is 36.1. The molecule has 2 nitrogen and oxygen atoms in total. The molecule has 0 atom stereocenters. The minimum absolute atomic E-state index is 1.33. The van der Waals surface area contributed by atoms with Crippen LogP contribution in [0.4, 0.5) is 0 Å². The van der Waals surface area contributed by atoms with Gasteiger partial charge in [-0.25, -0.2) is 0 Å². The minimum atomic E-state index is 1.33. The number of nitrogens with zero attached hydrogens (tertiary/aromatic N) is 2. The predicted octanol–water partition coefficient (Wildman–Crippen LogP) is 13.0. The molecule has 2 heteroatoms. The Kier molecular flexibility index (Phi) is 36.0. The van der Waals surface area contributed by atoms with Crippen molar-refractivity contribution in [3.8, 4) is 0 Å². The van der Waals surface area contributed by atoms with Crippen LogP contribution < -0.4 is 0 Å². The van der Waals surface area contributed by atoms with Crippen LogP contribution in [-0.2, 0) is 0 Å². The van der Waals surface area contributed by atoms with Gasteiger partial charge in [-0.05, 0) is 71.4 Å². The third-order valence-electron chi connectivity index (χ3n) is 9.26. The molecule has 0 aliphatic heterocycles. The Bertz CT molecular complexity index is 375. The molecule has 0 radical (unpaired) electrons. The monoisotopic (exact) mass is 579 g/mol. The fraction of sp³-hybridized carbons (Fsp3) is 1.00. The molecule has 248 valence electrons. The number of hydrogen-bond donors (Lipinski definition) is 0. The SMILES string of the molecule is CCCCCCCCCN(CCCCCCCCC)CCCN(CCCCCCCCC)CCCCCCCCC. The van der Waals surface area contributed by atoms with E-state index in [0.717, 1.165) is 0 Å². The highest BCUT2D eigenvalue weighted by Gasteiger charge is 2.09. The topological polar surface area (TPSA) is 6.48 Å². The van der Waals surface area contributed by atoms with Crippen LogP contribution in [0.25, 0.3) is 0 Å². The Hall–Kier alpha value is -0.0800. The zero-order valence-corrected chi connectivity index (χ0v) is 29.6. The van der Waals surface area contributed by atoms with Crippen LogP contribution >= 0.6 is 0 Å². The lowest BCUT2D eigenvalue weighted by atomic mass is 10.1. The van der Waals surface area contributed by atoms with E-state index in [-0.39, 0.29) is 0 Å². The van der Waals surface area contributed by atoms with Crippen LogP contribution in [0.2, 0.25) is 0 Å². The number of hydrogen-bond acceptors (Lipinski definition) is 2. The quantitative estimate of drug-likeness (QED) is 0.0682. The zero-order valence-electron chi connectivity index (χ0n) is 29.6. The third-order valence-corrected chi connectivity index (χ3v) is 9.26. The van der Waals surface area contributed by atoms with Crippen molar-refractivity contribution in [1.29, 1.82) is 0 Å². The normalized spacial score (nSPS) is 11.9. The lowest BCUT2D eigenvalue weighted by Crippen LogP contribution is -2.32. The summed E-state index contributed by atoms with van der Waals surface area (Å²) in [5.74, 6) is 0. The molecule has 0 heterocycles. The van der Waals surface area contributed by atoms with E-state index in [0.29, 0.717) is 0 Å². The van der Waals surface area contributed by atoms with Gasteiger partial charge < -0.3 is 9.80 Å². The molecular weight excluding hydrogens is 496 g/mol. The van der Waals surface area contributed by atoms with Crippen molar-refractivity contribution in [2.24, 2.45) is 0 Å². The Morgan fingerprint density at radius 2 is 0.366 bits per heavy atom. The summed E-state index contributed by atoms with van der Waals surface area (Å²) in [5, 5.41) is 0. The van der Waals surface area contributed by atoms with Gasteiger partial charge in [0, 0.05) is 0 Å². The summed E-state index contributed by atoms with van der Waals surface area (Å²) >= 11 is 0. The molecule has 0 aromatic heterocycles. The Morgan fingerprint density at radius 1 is 0.195 bits per heavy atom. The molecule has 0 aliphatic rings. The Morgan fingerprint density at radius 3 is 0.585 bits per heavy atom. The van der Waals surface area contributed by atoms with Crippen molar-refractivity contribution in [2.75, 3.05) is 39.3 Å². The molecule has 0 saturated heterocycles. The molecule has 0 N–H and O–H groups in total. The van der Waals surface area contributed by atoms with Gasteiger partial charge in [-0.3, -0.25) is 0 Å². The number of rotatable bonds is 36. The molecule has 0 aliphatic carbocycles. The molecule has 0 fully saturated rings. The molecule has 0 rings (SSSR count). The molecule has 0 saturated carbocycles. The van der Waals surface area contributed by atoms with Crippen molar-refractivity contribution in [2.45, 2.75) is 214 Å². The fourth-order valence-corrected chi connectivity index (χ4v) is 6.36. The second-order valence-corrected chi connectivity index (χ2v) is 13.5. The summed E-state index contributed by atoms with van der Waals surface area (Å²) in [5.41, 5.74) is 0. The molecule has 0 aromatic rings. The van der Waals surface area contributed by atoms with Gasteiger partial charge in [0.05, 0.1) is 0 Å². The highest BCUT2D eigenvalue weighted by Crippen LogP contribution is 2.13. The van der Waals surface area contributed by atoms with E-state index in [2.05, 4.69) is 37.5 Å². The van der Waals surface area contributed by atoms with Gasteiger partial charge in [-0.2, -0.15) is 0 Å². The highest BCUT2D eigenvalue weighted by atomic mass is 15.1. The van der Waals surface area contributed by atoms with E-state index >= 15 is 0 Å². The smallest absolute Gasteiger partial charge is 0.000655 e. The molecule has 0 aromatic carbocycles. The average Bonchev–Trinajstić information content (AvgIpc) is 2.98. The van der Waals surface area contributed by atoms with Gasteiger partial charge in [-0.15, -0.1) is 0 Å². The lowest BCUT2D eigenvalue weighted by Gasteiger charge is -2.26. The first-order valence-corrected chi connectivity index (χ1v) is 19.7. The van der Waals surface area contributed by atoms with E-state index in [1.54, 1.807) is 0 Å². The molecule has 0 unspecified atom stereocenters. The average molecular weight is 579 g/mol. The van der Waals surface area contributed by atoms with Gasteiger partial charge in [-0.1, -0.05) is 182 Å². The fourth-order valence-electron chi connectivity index (χ4n) is 6.36. The van der Waals surface area contributed by atoms with Crippen LogP contribution in [0.3, 0.4) is 0 Å². The van der Waals surface area contributed by atoms with Crippen molar-refractivity contribution < 1.29 is 0 Å². The van der Waals surface area contributed by atoms with Crippen LogP contribution in [0, 0.1) is 0 Å². The summed E-state index contributed by atoms with van der Waals surface area (Å²) in [6.45, 7) is 17.3. The van der Waals surface area contributed by atoms with Crippen LogP contribution in [0.5, 0.6) is 0 Å². The van der Waals surface area contributed by atoms with E-state index in [1.807, 2.05) is 0 Å². The maximum Gasteiger partial charge on any atom is -0.000655 e. The van der Waals surface area contributed by atoms with Gasteiger partial charge in [0.2, 0.25) is 0 Å². The van der Waals surface area contributed by atoms with Gasteiger partial charge in [0.15, 0.2) is 0 Å². The van der Waals surface area contributed by atoms with Crippen molar-refractivity contribution in [3.05, 3.63) is 0 Å². The summed E-state index contributed by atoms with van der Waals surface area (Å²) in [7, 11) is 0. The molecule has 41 heavy (non-hydrogen) atoms. The van der Waals surface area contributed by atoms with E-state index < -0.39 is 0 Å². The number of unbranched alkanes of at least 4 members (excludes halogenated alkanes) is 24. The standard InChI is InChI=1S/C39H82N2/c1-5-9-13-17-21-25-29-34-40(35-30-26-22-18-14-10-6-2)38-33-39-41(36-31-27-23-19-15-11-7-3)37-32-28-24-20-16-12-8-4/h5-39H2,1-4H3. The maximum atomic E-state index is 2.86. The summed E-state index contributed by atoms with van der Waals surface area (Å²) in [6.07, 6.45) is 41.4. The van der Waals surface area contributed by atoms with E-state index in [4.69, 9.17) is 0 Å². The van der Waals surface area contributed by atoms with Crippen LogP contribution in [0.1, 0.15) is 214 Å². The third kappa shape index (κ3) is 32.7. The first-order valence-electron chi connectivity index (χ1n) is 19.7. The van der Waals surface area contributed by atoms with Gasteiger partial charge >= 0.3 is 0 Å². The van der Waals surface area contributed by atoms with E-state index in [9.17, 15) is 0 Å². The molecule has 0 amide bonds. The molecule has 0 bridgehead atoms. The Balaban J connectivity index is 4.49. The second-order valence-electron chi connectivity index (χ2n) is 13.5. The highest BCUT2D eigenvalue weighted by molar-refractivity contribution is 4.65. The lowest BCUT2D eigenvalue weighted by molar-refractivity contribution is 0.215. The summed E-state index contributed by atoms with van der Waals surface area (Å²) in [6, 6.07) is 0. The molecule has 0 spiro atoms. The summed E-state index contributed by atoms with van der Waals surface area (Å²) in [4.78, 5) is 5.72. The molecular formula is C39H82N2. The largest absolute Gasteiger partial charge is 0.303 e.